The van der Waals surface area contributed by atoms with Crippen LogP contribution in [0, 0.1) is 0 Å². The van der Waals surface area contributed by atoms with E-state index < -0.39 is 6.10 Å². The molecule has 0 saturated carbocycles. The van der Waals surface area contributed by atoms with Gasteiger partial charge in [0.2, 0.25) is 0 Å². The molecule has 0 saturated heterocycles. The number of ether oxygens (including phenoxy) is 3. The number of esters is 3. The zero-order valence-electron chi connectivity index (χ0n) is 50.0. The van der Waals surface area contributed by atoms with Crippen LogP contribution in [0.3, 0.4) is 0 Å². The Labute approximate surface area is 470 Å². The second kappa shape index (κ2) is 63.9. The summed E-state index contributed by atoms with van der Waals surface area (Å²) in [5.74, 6) is -0.980. The molecule has 0 fully saturated rings. The third-order valence-corrected chi connectivity index (χ3v) is 13.8. The van der Waals surface area contributed by atoms with Gasteiger partial charge < -0.3 is 14.2 Å². The molecule has 1 atom stereocenters. The minimum Gasteiger partial charge on any atom is -0.462 e. The fourth-order valence-corrected chi connectivity index (χ4v) is 9.03. The maximum absolute atomic E-state index is 12.9. The summed E-state index contributed by atoms with van der Waals surface area (Å²) in [7, 11) is 0. The van der Waals surface area contributed by atoms with Crippen molar-refractivity contribution in [3.05, 3.63) is 97.2 Å². The maximum atomic E-state index is 12.9. The molecule has 0 bridgehead atoms. The molecule has 0 aliphatic heterocycles. The lowest BCUT2D eigenvalue weighted by atomic mass is 10.0. The smallest absolute Gasteiger partial charge is 0.306 e. The van der Waals surface area contributed by atoms with Crippen molar-refractivity contribution in [2.24, 2.45) is 0 Å². The molecule has 436 valence electrons. The maximum Gasteiger partial charge on any atom is 0.306 e. The van der Waals surface area contributed by atoms with Gasteiger partial charge in [0.15, 0.2) is 6.10 Å². The van der Waals surface area contributed by atoms with Gasteiger partial charge >= 0.3 is 17.9 Å². The van der Waals surface area contributed by atoms with Crippen molar-refractivity contribution in [2.45, 2.75) is 316 Å². The largest absolute Gasteiger partial charge is 0.462 e. The van der Waals surface area contributed by atoms with E-state index in [2.05, 4.69) is 112 Å². The third-order valence-electron chi connectivity index (χ3n) is 13.8. The van der Waals surface area contributed by atoms with E-state index in [0.29, 0.717) is 19.3 Å². The van der Waals surface area contributed by atoms with Crippen LogP contribution in [0.1, 0.15) is 310 Å². The third kappa shape index (κ3) is 61.2. The molecule has 0 aliphatic rings. The molecule has 76 heavy (non-hydrogen) atoms. The van der Waals surface area contributed by atoms with Crippen molar-refractivity contribution in [3.8, 4) is 0 Å². The highest BCUT2D eigenvalue weighted by Crippen LogP contribution is 2.16. The fourth-order valence-electron chi connectivity index (χ4n) is 9.03. The highest BCUT2D eigenvalue weighted by molar-refractivity contribution is 5.71. The molecule has 0 aromatic carbocycles. The van der Waals surface area contributed by atoms with Gasteiger partial charge in [0.1, 0.15) is 13.2 Å². The van der Waals surface area contributed by atoms with E-state index in [-0.39, 0.29) is 37.5 Å². The second-order valence-electron chi connectivity index (χ2n) is 21.3. The summed E-state index contributed by atoms with van der Waals surface area (Å²) < 4.78 is 16.8. The van der Waals surface area contributed by atoms with Crippen LogP contribution in [0.4, 0.5) is 0 Å². The highest BCUT2D eigenvalue weighted by atomic mass is 16.6. The molecule has 0 radical (unpaired) electrons. The van der Waals surface area contributed by atoms with Gasteiger partial charge in [-0.05, 0) is 89.9 Å². The van der Waals surface area contributed by atoms with E-state index >= 15 is 0 Å². The molecule has 0 N–H and O–H groups in total. The van der Waals surface area contributed by atoms with Crippen molar-refractivity contribution in [1.82, 2.24) is 0 Å². The summed E-state index contributed by atoms with van der Waals surface area (Å²) in [6.45, 7) is 6.48. The number of hydrogen-bond donors (Lipinski definition) is 0. The molecule has 0 amide bonds. The summed E-state index contributed by atoms with van der Waals surface area (Å²) in [5.41, 5.74) is 0. The van der Waals surface area contributed by atoms with Crippen LogP contribution < -0.4 is 0 Å². The summed E-state index contributed by atoms with van der Waals surface area (Å²) in [6, 6.07) is 0. The molecule has 0 aromatic rings. The molecule has 6 heteroatoms. The predicted octanol–water partition coefficient (Wildman–Crippen LogP) is 22.0. The van der Waals surface area contributed by atoms with Crippen molar-refractivity contribution in [2.75, 3.05) is 13.2 Å². The molecule has 0 spiro atoms. The van der Waals surface area contributed by atoms with E-state index in [1.807, 2.05) is 6.08 Å². The van der Waals surface area contributed by atoms with E-state index in [0.717, 1.165) is 83.5 Å². The van der Waals surface area contributed by atoms with Gasteiger partial charge in [-0.15, -0.1) is 0 Å². The molecule has 1 unspecified atom stereocenters. The van der Waals surface area contributed by atoms with Crippen LogP contribution in [-0.2, 0) is 28.6 Å². The molecule has 0 aromatic heterocycles. The lowest BCUT2D eigenvalue weighted by Crippen LogP contribution is -2.30. The average Bonchev–Trinajstić information content (AvgIpc) is 3.42. The summed E-state index contributed by atoms with van der Waals surface area (Å²) in [4.78, 5) is 38.2. The quantitative estimate of drug-likeness (QED) is 0.0261. The molecule has 0 heterocycles. The highest BCUT2D eigenvalue weighted by Gasteiger charge is 2.19. The Morgan fingerprint density at radius 2 is 0.539 bits per heavy atom. The Morgan fingerprint density at radius 1 is 0.276 bits per heavy atom. The van der Waals surface area contributed by atoms with E-state index in [4.69, 9.17) is 14.2 Å². The van der Waals surface area contributed by atoms with E-state index in [1.54, 1.807) is 0 Å². The van der Waals surface area contributed by atoms with Crippen LogP contribution in [0.2, 0.25) is 0 Å². The topological polar surface area (TPSA) is 78.9 Å². The van der Waals surface area contributed by atoms with Gasteiger partial charge in [-0.2, -0.15) is 0 Å². The SMILES string of the molecule is CC/C=C\C/C=C\C/C=C\C/C=C\C/C=C\C/C=C\CCC(=O)OC(COC(=O)CCCCCCCCCCCCCC)COC(=O)CCCCCCCCCCCCCCCCC/C=C\C/C=C\CCCCCCC. The Morgan fingerprint density at radius 3 is 0.855 bits per heavy atom. The first-order chi connectivity index (χ1) is 37.5. The Balaban J connectivity index is 4.33. The van der Waals surface area contributed by atoms with E-state index in [1.165, 1.54) is 180 Å². The minimum atomic E-state index is -0.817. The first kappa shape index (κ1) is 72.3. The Bertz CT molecular complexity index is 1490. The van der Waals surface area contributed by atoms with Crippen molar-refractivity contribution in [3.63, 3.8) is 0 Å². The van der Waals surface area contributed by atoms with Gasteiger partial charge in [0.05, 0.1) is 0 Å². The minimum absolute atomic E-state index is 0.105. The monoisotopic (exact) mass is 1060 g/mol. The van der Waals surface area contributed by atoms with Crippen molar-refractivity contribution in [1.29, 1.82) is 0 Å². The van der Waals surface area contributed by atoms with Gasteiger partial charge in [0, 0.05) is 19.3 Å². The number of rotatable bonds is 58. The average molecular weight is 1060 g/mol. The summed E-state index contributed by atoms with van der Waals surface area (Å²) in [5, 5.41) is 0. The van der Waals surface area contributed by atoms with Gasteiger partial charge in [-0.25, -0.2) is 0 Å². The standard InChI is InChI=1S/C70H120O6/c1-4-7-10-13-16-19-22-25-27-29-31-32-33-34-35-36-37-38-40-41-43-45-48-51-54-57-60-63-69(72)75-66-67(65-74-68(71)62-59-56-53-50-47-24-21-18-15-12-9-6-3)76-70(73)64-61-58-55-52-49-46-44-42-39-30-28-26-23-20-17-14-11-8-5-2/h8,11,17,20,22,25-26,28-29,31,39,42,46,49,55,58,67H,4-7,9-10,12-16,18-19,21,23-24,27,30,32-38,40-41,43-45,47-48,50-54,56-57,59-66H2,1-3H3/b11-8-,20-17-,25-22-,28-26-,31-29-,42-39-,49-46-,58-55-. The fraction of sp³-hybridized carbons (Fsp3) is 0.729. The first-order valence-corrected chi connectivity index (χ1v) is 32.2. The van der Waals surface area contributed by atoms with Crippen molar-refractivity contribution < 1.29 is 28.6 Å². The van der Waals surface area contributed by atoms with Crippen molar-refractivity contribution >= 4 is 17.9 Å². The molecule has 0 aliphatic carbocycles. The molecule has 0 rings (SSSR count). The predicted molar refractivity (Wildman–Crippen MR) is 330 cm³/mol. The number of carbonyl (C=O) groups excluding carboxylic acids is 3. The zero-order chi connectivity index (χ0) is 55.0. The summed E-state index contributed by atoms with van der Waals surface area (Å²) in [6.07, 6.45) is 85.8. The Kier molecular flexibility index (Phi) is 60.8. The van der Waals surface area contributed by atoms with Gasteiger partial charge in [-0.1, -0.05) is 298 Å². The van der Waals surface area contributed by atoms with Crippen LogP contribution in [0.5, 0.6) is 0 Å². The number of carbonyl (C=O) groups is 3. The number of allylic oxidation sites excluding steroid dienone is 16. The first-order valence-electron chi connectivity index (χ1n) is 32.2. The zero-order valence-corrected chi connectivity index (χ0v) is 50.0. The van der Waals surface area contributed by atoms with Crippen LogP contribution in [0.15, 0.2) is 97.2 Å². The van der Waals surface area contributed by atoms with Crippen LogP contribution >= 0.6 is 0 Å². The number of unbranched alkanes of at least 4 members (excludes halogenated alkanes) is 31. The molecule has 6 nitrogen and oxygen atoms in total. The normalized spacial score (nSPS) is 12.7. The molecular formula is C70H120O6. The van der Waals surface area contributed by atoms with Crippen LogP contribution in [-0.4, -0.2) is 37.2 Å². The number of hydrogen-bond acceptors (Lipinski definition) is 6. The van der Waals surface area contributed by atoms with Crippen LogP contribution in [0.25, 0.3) is 0 Å². The lowest BCUT2D eigenvalue weighted by Gasteiger charge is -2.18. The second-order valence-corrected chi connectivity index (χ2v) is 21.3. The Hall–Kier alpha value is -3.67. The van der Waals surface area contributed by atoms with Gasteiger partial charge in [-0.3, -0.25) is 14.4 Å². The van der Waals surface area contributed by atoms with E-state index in [9.17, 15) is 14.4 Å². The summed E-state index contributed by atoms with van der Waals surface area (Å²) >= 11 is 0. The molecular weight excluding hydrogens is 937 g/mol. The lowest BCUT2D eigenvalue weighted by molar-refractivity contribution is -0.166. The van der Waals surface area contributed by atoms with Gasteiger partial charge in [0.25, 0.3) is 0 Å².